The number of imide groups is 1. The number of rotatable bonds is 12. The van der Waals surface area contributed by atoms with Gasteiger partial charge in [0.1, 0.15) is 28.9 Å². The van der Waals surface area contributed by atoms with Crippen LogP contribution in [0, 0.1) is 6.92 Å². The van der Waals surface area contributed by atoms with E-state index in [1.54, 1.807) is 28.7 Å². The highest BCUT2D eigenvalue weighted by molar-refractivity contribution is 6.05. The Balaban J connectivity index is 0.648. The van der Waals surface area contributed by atoms with Crippen molar-refractivity contribution in [3.63, 3.8) is 0 Å². The number of amides is 4. The van der Waals surface area contributed by atoms with Crippen molar-refractivity contribution in [3.05, 3.63) is 74.8 Å². The number of nitrogens with zero attached hydrogens (tertiary/aromatic N) is 8. The van der Waals surface area contributed by atoms with Gasteiger partial charge >= 0.3 is 0 Å². The number of aryl methyl sites for hydroxylation is 2. The molecule has 1 atom stereocenters. The van der Waals surface area contributed by atoms with Crippen LogP contribution in [0.15, 0.2) is 41.5 Å². The summed E-state index contributed by atoms with van der Waals surface area (Å²) < 4.78 is 14.1. The molecule has 2 N–H and O–H groups in total. The van der Waals surface area contributed by atoms with Crippen LogP contribution in [0.5, 0.6) is 5.75 Å². The van der Waals surface area contributed by atoms with Gasteiger partial charge < -0.3 is 29.5 Å². The number of fused-ring (bicyclic) bond motifs is 3. The third-order valence-corrected chi connectivity index (χ3v) is 14.2. The number of benzene rings is 1. The minimum atomic E-state index is -0.662. The lowest BCUT2D eigenvalue weighted by atomic mass is 9.83. The van der Waals surface area contributed by atoms with Crippen LogP contribution in [0.2, 0.25) is 0 Å². The Bertz CT molecular complexity index is 2650. The highest BCUT2D eigenvalue weighted by atomic mass is 16.5. The largest absolute Gasteiger partial charge is 0.483 e. The van der Waals surface area contributed by atoms with Crippen LogP contribution in [-0.2, 0) is 32.1 Å². The zero-order valence-electron chi connectivity index (χ0n) is 36.9. The molecule has 0 radical (unpaired) electrons. The minimum absolute atomic E-state index is 0.00172. The molecule has 0 bridgehead atoms. The maximum absolute atomic E-state index is 13.6. The van der Waals surface area contributed by atoms with E-state index < -0.39 is 17.6 Å². The SMILES string of the molecule is CC(=O)c1c(C)c2cnc(Nc3ccc(N4CCN(CCOCCC(=O)N5CC6(CCc7cc8c(cc7O6)C(=O)N(C6CCC(=O)NC6=O)C8)C5)CC4)cn3)nc2n(C2CCCC2)c1=O. The summed E-state index contributed by atoms with van der Waals surface area (Å²) >= 11 is 0. The number of hydrogen-bond acceptors (Lipinski definition) is 14. The van der Waals surface area contributed by atoms with Crippen LogP contribution < -0.4 is 25.8 Å². The first-order chi connectivity index (χ1) is 31.4. The molecule has 1 aliphatic carbocycles. The van der Waals surface area contributed by atoms with E-state index in [0.717, 1.165) is 88.1 Å². The molecule has 1 unspecified atom stereocenters. The molecule has 18 heteroatoms. The molecule has 4 fully saturated rings. The van der Waals surface area contributed by atoms with Crippen LogP contribution in [0.3, 0.4) is 0 Å². The maximum Gasteiger partial charge on any atom is 0.263 e. The Kier molecular flexibility index (Phi) is 11.3. The zero-order valence-corrected chi connectivity index (χ0v) is 36.9. The molecule has 340 valence electrons. The van der Waals surface area contributed by atoms with E-state index in [9.17, 15) is 28.8 Å². The molecule has 4 aromatic rings. The molecule has 5 aliphatic heterocycles. The van der Waals surface area contributed by atoms with Crippen LogP contribution >= 0.6 is 0 Å². The molecule has 3 saturated heterocycles. The number of likely N-dealkylation sites (tertiary alicyclic amines) is 1. The first kappa shape index (κ1) is 42.7. The van der Waals surface area contributed by atoms with E-state index in [4.69, 9.17) is 14.5 Å². The number of piperazine rings is 1. The topological polar surface area (TPSA) is 202 Å². The van der Waals surface area contributed by atoms with E-state index >= 15 is 0 Å². The summed E-state index contributed by atoms with van der Waals surface area (Å²) in [5.74, 6) is 0.400. The van der Waals surface area contributed by atoms with E-state index in [1.165, 1.54) is 6.92 Å². The number of nitrogens with one attached hydrogen (secondary N) is 2. The molecule has 1 spiro atoms. The van der Waals surface area contributed by atoms with Gasteiger partial charge in [0, 0.05) is 68.9 Å². The summed E-state index contributed by atoms with van der Waals surface area (Å²) in [6.07, 6.45) is 9.72. The lowest BCUT2D eigenvalue weighted by Gasteiger charge is -2.51. The van der Waals surface area contributed by atoms with Crippen molar-refractivity contribution in [2.24, 2.45) is 0 Å². The lowest BCUT2D eigenvalue weighted by Crippen LogP contribution is -2.67. The summed E-state index contributed by atoms with van der Waals surface area (Å²) in [6.45, 7) is 9.61. The van der Waals surface area contributed by atoms with Gasteiger partial charge in [-0.2, -0.15) is 4.98 Å². The fraction of sp³-hybridized carbons (Fsp3) is 0.511. The van der Waals surface area contributed by atoms with Crippen molar-refractivity contribution >= 4 is 57.9 Å². The summed E-state index contributed by atoms with van der Waals surface area (Å²) in [7, 11) is 0. The van der Waals surface area contributed by atoms with Gasteiger partial charge in [-0.1, -0.05) is 12.8 Å². The highest BCUT2D eigenvalue weighted by Crippen LogP contribution is 2.42. The number of pyridine rings is 2. The second-order valence-electron chi connectivity index (χ2n) is 18.4. The molecule has 6 aliphatic rings. The number of carbonyl (C=O) groups is 5. The molecule has 8 heterocycles. The first-order valence-corrected chi connectivity index (χ1v) is 22.9. The summed E-state index contributed by atoms with van der Waals surface area (Å²) in [4.78, 5) is 98.6. The van der Waals surface area contributed by atoms with Crippen molar-refractivity contribution < 1.29 is 33.4 Å². The molecular formula is C47H54N10O8. The van der Waals surface area contributed by atoms with Crippen molar-refractivity contribution in [2.45, 2.75) is 95.9 Å². The van der Waals surface area contributed by atoms with Crippen LogP contribution in [-0.4, -0.2) is 134 Å². The highest BCUT2D eigenvalue weighted by Gasteiger charge is 2.49. The average molecular weight is 887 g/mol. The number of Topliss-reactive ketones (excluding diaryl/α,β-unsaturated/α-hetero) is 1. The van der Waals surface area contributed by atoms with Crippen molar-refractivity contribution in [2.75, 3.05) is 69.2 Å². The summed E-state index contributed by atoms with van der Waals surface area (Å²) in [6, 6.07) is 7.06. The Morgan fingerprint density at radius 2 is 1.75 bits per heavy atom. The van der Waals surface area contributed by atoms with Gasteiger partial charge in [0.15, 0.2) is 5.78 Å². The van der Waals surface area contributed by atoms with Gasteiger partial charge in [0.25, 0.3) is 11.5 Å². The Hall–Kier alpha value is -6.27. The van der Waals surface area contributed by atoms with Crippen LogP contribution in [0.4, 0.5) is 17.5 Å². The van der Waals surface area contributed by atoms with E-state index in [2.05, 4.69) is 30.4 Å². The van der Waals surface area contributed by atoms with Crippen molar-refractivity contribution in [1.82, 2.24) is 39.5 Å². The number of piperidine rings is 1. The quantitative estimate of drug-likeness (QED) is 0.119. The molecule has 65 heavy (non-hydrogen) atoms. The standard InChI is InChI=1S/C47H54N10O8/c1-28-35-24-49-46(52-42(35)57(32-5-3-4-6-32)45(63)41(28)29(2)58)50-38-9-7-33(23-48-38)54-16-14-53(15-17-54)18-20-64-19-12-40(60)55-26-47(27-55)13-11-30-21-31-25-56(36-8-10-39(59)51-43(36)61)44(62)34(31)22-37(30)65-47/h7,9,21-24,32,36H,3-6,8,10-20,25-27H2,1-2H3,(H,51,59,61)(H,48,49,50,52). The third-order valence-electron chi connectivity index (χ3n) is 14.2. The number of ether oxygens (including phenoxy) is 2. The van der Waals surface area contributed by atoms with Crippen molar-refractivity contribution in [3.8, 4) is 5.75 Å². The normalized spacial score (nSPS) is 20.7. The second kappa shape index (κ2) is 17.3. The molecule has 18 nitrogen and oxygen atoms in total. The number of hydrogen-bond donors (Lipinski definition) is 2. The molecule has 1 saturated carbocycles. The fourth-order valence-electron chi connectivity index (χ4n) is 10.5. The Morgan fingerprint density at radius 3 is 2.49 bits per heavy atom. The van der Waals surface area contributed by atoms with Gasteiger partial charge in [-0.25, -0.2) is 9.97 Å². The third kappa shape index (κ3) is 8.22. The number of carbonyl (C=O) groups excluding carboxylic acids is 5. The van der Waals surface area contributed by atoms with Gasteiger partial charge in [-0.3, -0.25) is 43.6 Å². The van der Waals surface area contributed by atoms with Gasteiger partial charge in [-0.15, -0.1) is 0 Å². The van der Waals surface area contributed by atoms with E-state index in [1.807, 2.05) is 29.3 Å². The Labute approximate surface area is 375 Å². The predicted molar refractivity (Wildman–Crippen MR) is 238 cm³/mol. The van der Waals surface area contributed by atoms with Crippen molar-refractivity contribution in [1.29, 1.82) is 0 Å². The monoisotopic (exact) mass is 886 g/mol. The number of anilines is 3. The van der Waals surface area contributed by atoms with Gasteiger partial charge in [0.2, 0.25) is 23.7 Å². The smallest absolute Gasteiger partial charge is 0.263 e. The van der Waals surface area contributed by atoms with Gasteiger partial charge in [-0.05, 0) is 86.9 Å². The fourth-order valence-corrected chi connectivity index (χ4v) is 10.5. The first-order valence-electron chi connectivity index (χ1n) is 22.9. The summed E-state index contributed by atoms with van der Waals surface area (Å²) in [5, 5.41) is 6.25. The average Bonchev–Trinajstić information content (AvgIpc) is 3.92. The predicted octanol–water partition coefficient (Wildman–Crippen LogP) is 3.45. The maximum atomic E-state index is 13.6. The molecule has 4 amide bonds. The summed E-state index contributed by atoms with van der Waals surface area (Å²) in [5.41, 5.74) is 4.03. The second-order valence-corrected chi connectivity index (χ2v) is 18.4. The molecule has 3 aromatic heterocycles. The lowest BCUT2D eigenvalue weighted by molar-refractivity contribution is -0.154. The van der Waals surface area contributed by atoms with Crippen LogP contribution in [0.25, 0.3) is 11.0 Å². The van der Waals surface area contributed by atoms with Gasteiger partial charge in [0.05, 0.1) is 50.2 Å². The Morgan fingerprint density at radius 1 is 0.954 bits per heavy atom. The van der Waals surface area contributed by atoms with Crippen LogP contribution in [0.1, 0.15) is 102 Å². The zero-order chi connectivity index (χ0) is 45.0. The molecular weight excluding hydrogens is 833 g/mol. The number of ketones is 1. The van der Waals surface area contributed by atoms with E-state index in [-0.39, 0.29) is 47.1 Å². The molecule has 1 aromatic carbocycles. The molecule has 10 rings (SSSR count). The number of aromatic nitrogens is 4. The van der Waals surface area contributed by atoms with E-state index in [0.29, 0.717) is 85.4 Å². The minimum Gasteiger partial charge on any atom is -0.483 e.